The topological polar surface area (TPSA) is 90.4 Å². The maximum Gasteiger partial charge on any atom is 0.338 e. The van der Waals surface area contributed by atoms with Gasteiger partial charge in [-0.15, -0.1) is 0 Å². The van der Waals surface area contributed by atoms with E-state index < -0.39 is 5.97 Å². The number of aryl methyl sites for hydroxylation is 2. The summed E-state index contributed by atoms with van der Waals surface area (Å²) in [6.07, 6.45) is 0.672. The molecule has 7 heteroatoms. The van der Waals surface area contributed by atoms with E-state index in [0.29, 0.717) is 29.6 Å². The van der Waals surface area contributed by atoms with Crippen LogP contribution in [0.25, 0.3) is 11.0 Å². The Morgan fingerprint density at radius 1 is 0.966 bits per heavy atom. The summed E-state index contributed by atoms with van der Waals surface area (Å²) in [6.45, 7) is 3.87. The molecule has 0 atom stereocenters. The lowest BCUT2D eigenvalue weighted by Crippen LogP contribution is -2.30. The van der Waals surface area contributed by atoms with E-state index in [-0.39, 0.29) is 12.5 Å². The van der Waals surface area contributed by atoms with Crippen molar-refractivity contribution in [2.24, 2.45) is 0 Å². The molecular weight excluding hydrogens is 370 g/mol. The number of fused-ring (bicyclic) bond motifs is 1. The predicted octanol–water partition coefficient (Wildman–Crippen LogP) is 2.77. The van der Waals surface area contributed by atoms with Gasteiger partial charge in [-0.1, -0.05) is 12.1 Å². The third-order valence-electron chi connectivity index (χ3n) is 4.54. The molecule has 0 aliphatic rings. The molecule has 1 aromatic heterocycles. The molecule has 0 aliphatic carbocycles. The van der Waals surface area contributed by atoms with Crippen molar-refractivity contribution in [3.05, 3.63) is 65.0 Å². The Morgan fingerprint density at radius 3 is 2.34 bits per heavy atom. The van der Waals surface area contributed by atoms with E-state index >= 15 is 0 Å². The van der Waals surface area contributed by atoms with E-state index in [9.17, 15) is 9.59 Å². The number of aromatic nitrogens is 2. The molecule has 0 spiro atoms. The summed E-state index contributed by atoms with van der Waals surface area (Å²) in [5, 5.41) is 2.74. The number of esters is 1. The summed E-state index contributed by atoms with van der Waals surface area (Å²) in [4.78, 5) is 33.0. The monoisotopic (exact) mass is 393 g/mol. The van der Waals surface area contributed by atoms with Crippen molar-refractivity contribution in [2.45, 2.75) is 20.3 Å². The van der Waals surface area contributed by atoms with Crippen LogP contribution in [-0.2, 0) is 16.0 Å². The summed E-state index contributed by atoms with van der Waals surface area (Å²) in [7, 11) is 1.61. The van der Waals surface area contributed by atoms with Crippen LogP contribution in [0.5, 0.6) is 5.75 Å². The number of nitrogens with zero attached hydrogens (tertiary/aromatic N) is 2. The number of nitrogens with one attached hydrogen (secondary N) is 1. The molecule has 0 saturated carbocycles. The molecule has 29 heavy (non-hydrogen) atoms. The highest BCUT2D eigenvalue weighted by Crippen LogP contribution is 2.15. The highest BCUT2D eigenvalue weighted by Gasteiger charge is 2.12. The predicted molar refractivity (Wildman–Crippen MR) is 109 cm³/mol. The normalized spacial score (nSPS) is 10.6. The molecule has 1 amide bonds. The molecule has 0 fully saturated rings. The fraction of sp³-hybridized carbons (Fsp3) is 0.273. The molecule has 3 rings (SSSR count). The van der Waals surface area contributed by atoms with Crippen molar-refractivity contribution in [3.8, 4) is 5.75 Å². The van der Waals surface area contributed by atoms with Gasteiger partial charge < -0.3 is 14.8 Å². The number of carbonyl (C=O) groups is 2. The smallest absolute Gasteiger partial charge is 0.338 e. The summed E-state index contributed by atoms with van der Waals surface area (Å²) in [6, 6.07) is 12.6. The van der Waals surface area contributed by atoms with Crippen molar-refractivity contribution in [2.75, 3.05) is 20.3 Å². The first-order valence-corrected chi connectivity index (χ1v) is 9.28. The van der Waals surface area contributed by atoms with Gasteiger partial charge in [0, 0.05) is 6.54 Å². The van der Waals surface area contributed by atoms with Gasteiger partial charge in [0.15, 0.2) is 6.61 Å². The van der Waals surface area contributed by atoms with Crippen LogP contribution in [0.2, 0.25) is 0 Å². The van der Waals surface area contributed by atoms with Crippen LogP contribution in [0.3, 0.4) is 0 Å². The first kappa shape index (κ1) is 20.3. The number of ether oxygens (including phenoxy) is 2. The largest absolute Gasteiger partial charge is 0.497 e. The molecule has 7 nitrogen and oxygen atoms in total. The number of amides is 1. The summed E-state index contributed by atoms with van der Waals surface area (Å²) in [5.74, 6) is -0.134. The molecule has 0 bridgehead atoms. The molecule has 3 aromatic rings. The highest BCUT2D eigenvalue weighted by atomic mass is 16.5. The first-order valence-electron chi connectivity index (χ1n) is 9.28. The van der Waals surface area contributed by atoms with Gasteiger partial charge in [0.2, 0.25) is 0 Å². The zero-order valence-corrected chi connectivity index (χ0v) is 16.7. The van der Waals surface area contributed by atoms with Gasteiger partial charge in [0.25, 0.3) is 5.91 Å². The van der Waals surface area contributed by atoms with E-state index in [1.54, 1.807) is 25.3 Å². The number of methoxy groups -OCH3 is 1. The molecule has 0 saturated heterocycles. The Morgan fingerprint density at radius 2 is 1.66 bits per heavy atom. The minimum Gasteiger partial charge on any atom is -0.497 e. The summed E-state index contributed by atoms with van der Waals surface area (Å²) in [5.41, 5.74) is 4.39. The van der Waals surface area contributed by atoms with E-state index in [2.05, 4.69) is 15.3 Å². The number of hydrogen-bond donors (Lipinski definition) is 1. The number of carbonyl (C=O) groups excluding carboxylic acids is 2. The van der Waals surface area contributed by atoms with Crippen molar-refractivity contribution in [1.82, 2.24) is 15.3 Å². The SMILES string of the molecule is COc1ccc(CCNC(=O)COC(=O)c2ccc3nc(C)c(C)nc3c2)cc1. The maximum atomic E-state index is 12.2. The Labute approximate surface area is 169 Å². The molecule has 2 aromatic carbocycles. The summed E-state index contributed by atoms with van der Waals surface area (Å²) < 4.78 is 10.2. The van der Waals surface area contributed by atoms with Gasteiger partial charge in [-0.2, -0.15) is 0 Å². The second kappa shape index (κ2) is 9.14. The van der Waals surface area contributed by atoms with Crippen molar-refractivity contribution in [3.63, 3.8) is 0 Å². The van der Waals surface area contributed by atoms with Crippen LogP contribution >= 0.6 is 0 Å². The molecule has 1 heterocycles. The third-order valence-corrected chi connectivity index (χ3v) is 4.54. The van der Waals surface area contributed by atoms with Crippen LogP contribution in [-0.4, -0.2) is 42.1 Å². The number of benzene rings is 2. The fourth-order valence-corrected chi connectivity index (χ4v) is 2.76. The molecule has 0 radical (unpaired) electrons. The second-order valence-electron chi connectivity index (χ2n) is 6.62. The second-order valence-corrected chi connectivity index (χ2v) is 6.62. The average Bonchev–Trinajstić information content (AvgIpc) is 2.73. The van der Waals surface area contributed by atoms with Crippen molar-refractivity contribution in [1.29, 1.82) is 0 Å². The maximum absolute atomic E-state index is 12.2. The Kier molecular flexibility index (Phi) is 6.39. The van der Waals surface area contributed by atoms with Gasteiger partial charge in [-0.3, -0.25) is 4.79 Å². The summed E-state index contributed by atoms with van der Waals surface area (Å²) >= 11 is 0. The van der Waals surface area contributed by atoms with E-state index in [1.807, 2.05) is 38.1 Å². The molecule has 0 aliphatic heterocycles. The molecule has 1 N–H and O–H groups in total. The van der Waals surface area contributed by atoms with Crippen LogP contribution in [0, 0.1) is 13.8 Å². The molecular formula is C22H23N3O4. The Balaban J connectivity index is 1.48. The molecule has 0 unspecified atom stereocenters. The van der Waals surface area contributed by atoms with E-state index in [0.717, 1.165) is 22.7 Å². The number of rotatable bonds is 7. The van der Waals surface area contributed by atoms with Crippen LogP contribution in [0.4, 0.5) is 0 Å². The minimum absolute atomic E-state index is 0.334. The lowest BCUT2D eigenvalue weighted by molar-refractivity contribution is -0.124. The van der Waals surface area contributed by atoms with Gasteiger partial charge in [-0.05, 0) is 56.2 Å². The molecule has 150 valence electrons. The first-order chi connectivity index (χ1) is 14.0. The lowest BCUT2D eigenvalue weighted by atomic mass is 10.1. The standard InChI is InChI=1S/C22H23N3O4/c1-14-15(2)25-20-12-17(6-9-19(20)24-14)22(27)29-13-21(26)23-11-10-16-4-7-18(28-3)8-5-16/h4-9,12H,10-11,13H2,1-3H3,(H,23,26). The minimum atomic E-state index is -0.572. The average molecular weight is 393 g/mol. The number of hydrogen-bond acceptors (Lipinski definition) is 6. The van der Waals surface area contributed by atoms with E-state index in [4.69, 9.17) is 9.47 Å². The fourth-order valence-electron chi connectivity index (χ4n) is 2.76. The lowest BCUT2D eigenvalue weighted by Gasteiger charge is -2.08. The van der Waals surface area contributed by atoms with E-state index in [1.165, 1.54) is 0 Å². The Hall–Kier alpha value is -3.48. The van der Waals surface area contributed by atoms with Crippen LogP contribution in [0.15, 0.2) is 42.5 Å². The quantitative estimate of drug-likeness (QED) is 0.621. The van der Waals surface area contributed by atoms with Gasteiger partial charge in [0.1, 0.15) is 5.75 Å². The van der Waals surface area contributed by atoms with Crippen molar-refractivity contribution >= 4 is 22.9 Å². The van der Waals surface area contributed by atoms with Crippen molar-refractivity contribution < 1.29 is 19.1 Å². The van der Waals surface area contributed by atoms with Gasteiger partial charge in [0.05, 0.1) is 35.1 Å². The third kappa shape index (κ3) is 5.28. The van der Waals surface area contributed by atoms with Gasteiger partial charge >= 0.3 is 5.97 Å². The Bertz CT molecular complexity index is 1030. The van der Waals surface area contributed by atoms with Crippen LogP contribution in [0.1, 0.15) is 27.3 Å². The zero-order valence-electron chi connectivity index (χ0n) is 16.7. The van der Waals surface area contributed by atoms with Crippen LogP contribution < -0.4 is 10.1 Å². The zero-order chi connectivity index (χ0) is 20.8. The van der Waals surface area contributed by atoms with Gasteiger partial charge in [-0.25, -0.2) is 14.8 Å². The highest BCUT2D eigenvalue weighted by molar-refractivity contribution is 5.94.